The van der Waals surface area contributed by atoms with Crippen molar-refractivity contribution in [2.24, 2.45) is 5.14 Å². The second-order valence-corrected chi connectivity index (χ2v) is 6.44. The summed E-state index contributed by atoms with van der Waals surface area (Å²) >= 11 is 0. The third-order valence-electron chi connectivity index (χ3n) is 2.94. The van der Waals surface area contributed by atoms with E-state index in [1.165, 1.54) is 0 Å². The third kappa shape index (κ3) is 5.16. The molecule has 0 fully saturated rings. The number of aromatic nitrogens is 2. The fourth-order valence-electron chi connectivity index (χ4n) is 1.66. The van der Waals surface area contributed by atoms with Crippen LogP contribution in [0.1, 0.15) is 31.9 Å². The summed E-state index contributed by atoms with van der Waals surface area (Å²) in [6.45, 7) is 6.75. The van der Waals surface area contributed by atoms with Crippen molar-refractivity contribution in [2.45, 2.75) is 39.3 Å². The SMILES string of the molecule is Cc1cnn(C(C)C(C)NCCCS(N)(=O)=O)c1. The zero-order valence-electron chi connectivity index (χ0n) is 11.1. The van der Waals surface area contributed by atoms with Crippen LogP contribution in [-0.4, -0.2) is 36.5 Å². The Hall–Kier alpha value is -0.920. The summed E-state index contributed by atoms with van der Waals surface area (Å²) in [4.78, 5) is 0. The Morgan fingerprint density at radius 1 is 1.50 bits per heavy atom. The van der Waals surface area contributed by atoms with Crippen molar-refractivity contribution >= 4 is 10.0 Å². The highest BCUT2D eigenvalue weighted by atomic mass is 32.2. The molecule has 0 aliphatic rings. The maximum absolute atomic E-state index is 10.8. The first-order chi connectivity index (χ1) is 8.29. The summed E-state index contributed by atoms with van der Waals surface area (Å²) in [6.07, 6.45) is 4.34. The third-order valence-corrected chi connectivity index (χ3v) is 3.80. The molecule has 0 spiro atoms. The number of primary sulfonamides is 1. The predicted molar refractivity (Wildman–Crippen MR) is 71.7 cm³/mol. The van der Waals surface area contributed by atoms with Gasteiger partial charge in [0.1, 0.15) is 0 Å². The van der Waals surface area contributed by atoms with Gasteiger partial charge in [-0.25, -0.2) is 13.6 Å². The molecule has 6 nitrogen and oxygen atoms in total. The van der Waals surface area contributed by atoms with Crippen LogP contribution < -0.4 is 10.5 Å². The van der Waals surface area contributed by atoms with E-state index in [-0.39, 0.29) is 17.8 Å². The Balaban J connectivity index is 2.34. The number of hydrogen-bond acceptors (Lipinski definition) is 4. The first kappa shape index (κ1) is 15.1. The molecule has 0 bridgehead atoms. The van der Waals surface area contributed by atoms with Crippen molar-refractivity contribution < 1.29 is 8.42 Å². The van der Waals surface area contributed by atoms with Gasteiger partial charge >= 0.3 is 0 Å². The van der Waals surface area contributed by atoms with Gasteiger partial charge in [0.25, 0.3) is 0 Å². The van der Waals surface area contributed by atoms with E-state index in [4.69, 9.17) is 5.14 Å². The Labute approximate surface area is 109 Å². The number of aryl methyl sites for hydroxylation is 1. The second kappa shape index (κ2) is 6.31. The van der Waals surface area contributed by atoms with Crippen LogP contribution in [0.2, 0.25) is 0 Å². The van der Waals surface area contributed by atoms with Gasteiger partial charge in [-0.3, -0.25) is 4.68 Å². The van der Waals surface area contributed by atoms with Gasteiger partial charge in [0.05, 0.1) is 18.0 Å². The first-order valence-electron chi connectivity index (χ1n) is 6.04. The van der Waals surface area contributed by atoms with Crippen molar-refractivity contribution in [1.82, 2.24) is 15.1 Å². The fourth-order valence-corrected chi connectivity index (χ4v) is 2.21. The minimum Gasteiger partial charge on any atom is -0.312 e. The molecule has 1 aromatic heterocycles. The highest BCUT2D eigenvalue weighted by Crippen LogP contribution is 2.10. The van der Waals surface area contributed by atoms with Crippen LogP contribution in [0, 0.1) is 6.92 Å². The van der Waals surface area contributed by atoms with Crippen LogP contribution in [0.5, 0.6) is 0 Å². The van der Waals surface area contributed by atoms with Crippen molar-refractivity contribution in [3.05, 3.63) is 18.0 Å². The minimum atomic E-state index is -3.35. The van der Waals surface area contributed by atoms with Gasteiger partial charge in [-0.2, -0.15) is 5.10 Å². The van der Waals surface area contributed by atoms with Crippen LogP contribution in [0.15, 0.2) is 12.4 Å². The lowest BCUT2D eigenvalue weighted by Gasteiger charge is -2.21. The predicted octanol–water partition coefficient (Wildman–Crippen LogP) is 0.409. The molecule has 104 valence electrons. The van der Waals surface area contributed by atoms with E-state index in [0.717, 1.165) is 5.56 Å². The summed E-state index contributed by atoms with van der Waals surface area (Å²) in [7, 11) is -3.35. The molecule has 1 heterocycles. The molecule has 0 radical (unpaired) electrons. The molecule has 2 atom stereocenters. The van der Waals surface area contributed by atoms with E-state index in [9.17, 15) is 8.42 Å². The molecule has 0 saturated heterocycles. The van der Waals surface area contributed by atoms with Crippen LogP contribution in [0.4, 0.5) is 0 Å². The normalized spacial score (nSPS) is 15.6. The number of nitrogens with zero attached hydrogens (tertiary/aromatic N) is 2. The number of nitrogens with two attached hydrogens (primary N) is 1. The monoisotopic (exact) mass is 274 g/mol. The molecule has 7 heteroatoms. The van der Waals surface area contributed by atoms with Gasteiger partial charge < -0.3 is 5.32 Å². The van der Waals surface area contributed by atoms with E-state index >= 15 is 0 Å². The van der Waals surface area contributed by atoms with Crippen LogP contribution in [-0.2, 0) is 10.0 Å². The van der Waals surface area contributed by atoms with Gasteiger partial charge in [-0.15, -0.1) is 0 Å². The van der Waals surface area contributed by atoms with Crippen molar-refractivity contribution in [3.63, 3.8) is 0 Å². The van der Waals surface area contributed by atoms with Gasteiger partial charge in [-0.05, 0) is 39.3 Å². The van der Waals surface area contributed by atoms with Gasteiger partial charge in [0.2, 0.25) is 10.0 Å². The van der Waals surface area contributed by atoms with E-state index in [1.807, 2.05) is 24.0 Å². The average Bonchev–Trinajstić information content (AvgIpc) is 2.68. The molecule has 0 amide bonds. The van der Waals surface area contributed by atoms with Gasteiger partial charge in [0, 0.05) is 12.2 Å². The van der Waals surface area contributed by atoms with Crippen LogP contribution in [0.3, 0.4) is 0 Å². The zero-order valence-corrected chi connectivity index (χ0v) is 11.9. The standard InChI is InChI=1S/C11H22N4O2S/c1-9-7-14-15(8-9)11(3)10(2)13-5-4-6-18(12,16)17/h7-8,10-11,13H,4-6H2,1-3H3,(H2,12,16,17). The Morgan fingerprint density at radius 2 is 2.17 bits per heavy atom. The molecule has 3 N–H and O–H groups in total. The molecule has 0 saturated carbocycles. The molecule has 18 heavy (non-hydrogen) atoms. The molecule has 0 aliphatic carbocycles. The molecule has 0 aromatic carbocycles. The lowest BCUT2D eigenvalue weighted by Crippen LogP contribution is -2.35. The molecule has 0 aliphatic heterocycles. The Bertz CT molecular complexity index is 469. The lowest BCUT2D eigenvalue weighted by molar-refractivity contribution is 0.367. The maximum Gasteiger partial charge on any atom is 0.209 e. The van der Waals surface area contributed by atoms with Crippen molar-refractivity contribution in [3.8, 4) is 0 Å². The highest BCUT2D eigenvalue weighted by molar-refractivity contribution is 7.89. The summed E-state index contributed by atoms with van der Waals surface area (Å²) in [5, 5.41) is 12.5. The second-order valence-electron chi connectivity index (χ2n) is 4.70. The van der Waals surface area contributed by atoms with Gasteiger partial charge in [-0.1, -0.05) is 0 Å². The number of nitrogens with one attached hydrogen (secondary N) is 1. The number of hydrogen-bond donors (Lipinski definition) is 2. The topological polar surface area (TPSA) is 90.0 Å². The van der Waals surface area contributed by atoms with Gasteiger partial charge in [0.15, 0.2) is 0 Å². The lowest BCUT2D eigenvalue weighted by atomic mass is 10.1. The summed E-state index contributed by atoms with van der Waals surface area (Å²) in [5.74, 6) is 0.0159. The fraction of sp³-hybridized carbons (Fsp3) is 0.727. The summed E-state index contributed by atoms with van der Waals surface area (Å²) in [6, 6.07) is 0.429. The smallest absolute Gasteiger partial charge is 0.209 e. The zero-order chi connectivity index (χ0) is 13.8. The summed E-state index contributed by atoms with van der Waals surface area (Å²) < 4.78 is 23.4. The first-order valence-corrected chi connectivity index (χ1v) is 7.76. The van der Waals surface area contributed by atoms with E-state index in [2.05, 4.69) is 24.3 Å². The van der Waals surface area contributed by atoms with Crippen molar-refractivity contribution in [1.29, 1.82) is 0 Å². The van der Waals surface area contributed by atoms with E-state index in [1.54, 1.807) is 0 Å². The average molecular weight is 274 g/mol. The minimum absolute atomic E-state index is 0.0159. The number of rotatable bonds is 7. The molecule has 2 unspecified atom stereocenters. The van der Waals surface area contributed by atoms with Crippen LogP contribution in [0.25, 0.3) is 0 Å². The largest absolute Gasteiger partial charge is 0.312 e. The maximum atomic E-state index is 10.8. The molecular formula is C11H22N4O2S. The molecule has 1 rings (SSSR count). The molecular weight excluding hydrogens is 252 g/mol. The quantitative estimate of drug-likeness (QED) is 0.705. The Kier molecular flexibility index (Phi) is 5.30. The van der Waals surface area contributed by atoms with E-state index < -0.39 is 10.0 Å². The molecule has 1 aromatic rings. The Morgan fingerprint density at radius 3 is 2.67 bits per heavy atom. The van der Waals surface area contributed by atoms with E-state index in [0.29, 0.717) is 13.0 Å². The van der Waals surface area contributed by atoms with Crippen LogP contribution >= 0.6 is 0 Å². The number of sulfonamides is 1. The summed E-state index contributed by atoms with van der Waals surface area (Å²) in [5.41, 5.74) is 1.13. The highest BCUT2D eigenvalue weighted by Gasteiger charge is 2.14. The van der Waals surface area contributed by atoms with Crippen molar-refractivity contribution in [2.75, 3.05) is 12.3 Å².